The van der Waals surface area contributed by atoms with Gasteiger partial charge in [-0.1, -0.05) is 29.3 Å². The molecule has 0 spiro atoms. The molecule has 0 saturated heterocycles. The van der Waals surface area contributed by atoms with Gasteiger partial charge in [0.05, 0.1) is 25.0 Å². The van der Waals surface area contributed by atoms with Crippen LogP contribution in [0.4, 0.5) is 5.69 Å². The van der Waals surface area contributed by atoms with Gasteiger partial charge < -0.3 is 15.7 Å². The number of carbonyl (C=O) groups excluding carboxylic acids is 2. The average Bonchev–Trinajstić information content (AvgIpc) is 2.94. The van der Waals surface area contributed by atoms with Crippen molar-refractivity contribution >= 4 is 40.7 Å². The molecular weight excluding hydrogens is 343 g/mol. The molecular formula is C14H14Cl2N4O3. The Morgan fingerprint density at radius 3 is 2.74 bits per heavy atom. The van der Waals surface area contributed by atoms with Crippen molar-refractivity contribution < 1.29 is 14.7 Å². The van der Waals surface area contributed by atoms with E-state index in [1.54, 1.807) is 29.1 Å². The molecule has 1 heterocycles. The van der Waals surface area contributed by atoms with Crippen LogP contribution in [0, 0.1) is 0 Å². The van der Waals surface area contributed by atoms with E-state index in [9.17, 15) is 9.59 Å². The molecule has 0 saturated carbocycles. The number of amides is 2. The highest BCUT2D eigenvalue weighted by atomic mass is 35.5. The Kier molecular flexibility index (Phi) is 5.97. The van der Waals surface area contributed by atoms with Gasteiger partial charge in [-0.15, -0.1) is 0 Å². The van der Waals surface area contributed by atoms with E-state index in [0.717, 1.165) is 5.56 Å². The van der Waals surface area contributed by atoms with Crippen molar-refractivity contribution in [3.8, 4) is 0 Å². The summed E-state index contributed by atoms with van der Waals surface area (Å²) in [5.41, 5.74) is 1.19. The van der Waals surface area contributed by atoms with Crippen molar-refractivity contribution in [1.29, 1.82) is 0 Å². The summed E-state index contributed by atoms with van der Waals surface area (Å²) in [6.07, 6.45) is 2.99. The van der Waals surface area contributed by atoms with Crippen molar-refractivity contribution in [2.45, 2.75) is 6.54 Å². The van der Waals surface area contributed by atoms with Crippen molar-refractivity contribution in [3.63, 3.8) is 0 Å². The first kappa shape index (κ1) is 17.3. The van der Waals surface area contributed by atoms with E-state index in [1.807, 2.05) is 0 Å². The molecule has 122 valence electrons. The van der Waals surface area contributed by atoms with Crippen LogP contribution >= 0.6 is 23.2 Å². The maximum atomic E-state index is 11.6. The summed E-state index contributed by atoms with van der Waals surface area (Å²) in [6, 6.07) is 5.14. The first-order chi connectivity index (χ1) is 11.0. The fraction of sp³-hybridized carbons (Fsp3) is 0.214. The predicted octanol–water partition coefficient (Wildman–Crippen LogP) is 1.29. The fourth-order valence-electron chi connectivity index (χ4n) is 1.78. The number of hydrogen-bond donors (Lipinski definition) is 3. The van der Waals surface area contributed by atoms with Crippen LogP contribution in [0.25, 0.3) is 0 Å². The van der Waals surface area contributed by atoms with Gasteiger partial charge in [-0.05, 0) is 17.7 Å². The van der Waals surface area contributed by atoms with Crippen LogP contribution in [-0.4, -0.2) is 39.9 Å². The van der Waals surface area contributed by atoms with Crippen LogP contribution in [0.5, 0.6) is 0 Å². The number of anilines is 1. The minimum Gasteiger partial charge on any atom is -0.395 e. The van der Waals surface area contributed by atoms with Gasteiger partial charge in [0.15, 0.2) is 0 Å². The Morgan fingerprint density at radius 1 is 1.26 bits per heavy atom. The lowest BCUT2D eigenvalue weighted by molar-refractivity contribution is -0.136. The number of hydrogen-bond acceptors (Lipinski definition) is 4. The number of benzene rings is 1. The molecule has 0 bridgehead atoms. The van der Waals surface area contributed by atoms with Crippen molar-refractivity contribution in [1.82, 2.24) is 15.1 Å². The molecule has 1 aromatic heterocycles. The Bertz CT molecular complexity index is 718. The zero-order chi connectivity index (χ0) is 16.8. The van der Waals surface area contributed by atoms with Crippen LogP contribution in [0.15, 0.2) is 30.6 Å². The highest BCUT2D eigenvalue weighted by molar-refractivity contribution is 6.39. The van der Waals surface area contributed by atoms with Crippen LogP contribution in [-0.2, 0) is 16.1 Å². The predicted molar refractivity (Wildman–Crippen MR) is 86.5 cm³/mol. The summed E-state index contributed by atoms with van der Waals surface area (Å²) in [4.78, 5) is 23.0. The zero-order valence-electron chi connectivity index (χ0n) is 11.9. The normalized spacial score (nSPS) is 10.4. The second-order valence-corrected chi connectivity index (χ2v) is 5.44. The minimum atomic E-state index is -0.831. The summed E-state index contributed by atoms with van der Waals surface area (Å²) < 4.78 is 1.57. The highest BCUT2D eigenvalue weighted by Crippen LogP contribution is 2.22. The van der Waals surface area contributed by atoms with Gasteiger partial charge in [0.25, 0.3) is 0 Å². The van der Waals surface area contributed by atoms with E-state index in [2.05, 4.69) is 15.7 Å². The summed E-state index contributed by atoms with van der Waals surface area (Å²) in [6.45, 7) is 0.169. The third-order valence-electron chi connectivity index (χ3n) is 2.84. The lowest BCUT2D eigenvalue weighted by atomic mass is 10.2. The van der Waals surface area contributed by atoms with Gasteiger partial charge >= 0.3 is 11.8 Å². The molecule has 3 N–H and O–H groups in total. The Hall–Kier alpha value is -2.09. The SMILES string of the molecule is O=C(NCCO)C(=O)Nc1cnn(Cc2ccc(Cl)cc2Cl)c1. The van der Waals surface area contributed by atoms with Gasteiger partial charge in [0.2, 0.25) is 0 Å². The molecule has 0 unspecified atom stereocenters. The molecule has 0 fully saturated rings. The number of carbonyl (C=O) groups is 2. The van der Waals surface area contributed by atoms with E-state index in [-0.39, 0.29) is 13.2 Å². The van der Waals surface area contributed by atoms with Crippen molar-refractivity contribution in [2.24, 2.45) is 0 Å². The third-order valence-corrected chi connectivity index (χ3v) is 3.43. The topological polar surface area (TPSA) is 96.2 Å². The Labute approximate surface area is 142 Å². The minimum absolute atomic E-state index is 0.0145. The van der Waals surface area contributed by atoms with Crippen molar-refractivity contribution in [3.05, 3.63) is 46.2 Å². The molecule has 1 aromatic carbocycles. The lowest BCUT2D eigenvalue weighted by Crippen LogP contribution is -2.36. The number of aliphatic hydroxyl groups is 1. The molecule has 2 aromatic rings. The molecule has 2 amide bonds. The van der Waals surface area contributed by atoms with Crippen molar-refractivity contribution in [2.75, 3.05) is 18.5 Å². The molecule has 0 atom stereocenters. The summed E-state index contributed by atoms with van der Waals surface area (Å²) in [7, 11) is 0. The second kappa shape index (κ2) is 7.96. The summed E-state index contributed by atoms with van der Waals surface area (Å²) >= 11 is 11.9. The Balaban J connectivity index is 1.98. The van der Waals surface area contributed by atoms with Crippen LogP contribution in [0.1, 0.15) is 5.56 Å². The van der Waals surface area contributed by atoms with Gasteiger partial charge in [-0.25, -0.2) is 0 Å². The number of halogens is 2. The molecule has 9 heteroatoms. The molecule has 2 rings (SSSR count). The van der Waals surface area contributed by atoms with Crippen LogP contribution in [0.3, 0.4) is 0 Å². The number of aromatic nitrogens is 2. The first-order valence-electron chi connectivity index (χ1n) is 6.66. The van der Waals surface area contributed by atoms with Gasteiger partial charge in [0, 0.05) is 22.8 Å². The van der Waals surface area contributed by atoms with Crippen LogP contribution < -0.4 is 10.6 Å². The van der Waals surface area contributed by atoms with E-state index in [0.29, 0.717) is 22.3 Å². The fourth-order valence-corrected chi connectivity index (χ4v) is 2.24. The Morgan fingerprint density at radius 2 is 2.04 bits per heavy atom. The second-order valence-electron chi connectivity index (χ2n) is 4.60. The maximum absolute atomic E-state index is 11.6. The number of aliphatic hydroxyl groups excluding tert-OH is 1. The third kappa shape index (κ3) is 4.95. The number of nitrogens with zero attached hydrogens (tertiary/aromatic N) is 2. The average molecular weight is 357 g/mol. The van der Waals surface area contributed by atoms with E-state index < -0.39 is 11.8 Å². The molecule has 0 aliphatic heterocycles. The zero-order valence-corrected chi connectivity index (χ0v) is 13.4. The molecule has 7 nitrogen and oxygen atoms in total. The largest absolute Gasteiger partial charge is 0.395 e. The molecule has 0 aliphatic carbocycles. The standard InChI is InChI=1S/C14H14Cl2N4O3/c15-10-2-1-9(12(16)5-10)7-20-8-11(6-18-20)19-14(23)13(22)17-3-4-21/h1-2,5-6,8,21H,3-4,7H2,(H,17,22)(H,19,23). The highest BCUT2D eigenvalue weighted by Gasteiger charge is 2.14. The molecule has 23 heavy (non-hydrogen) atoms. The smallest absolute Gasteiger partial charge is 0.313 e. The number of rotatable bonds is 5. The van der Waals surface area contributed by atoms with Crippen LogP contribution in [0.2, 0.25) is 10.0 Å². The first-order valence-corrected chi connectivity index (χ1v) is 7.41. The quantitative estimate of drug-likeness (QED) is 0.703. The number of nitrogens with one attached hydrogen (secondary N) is 2. The monoisotopic (exact) mass is 356 g/mol. The molecule has 0 radical (unpaired) electrons. The van der Waals surface area contributed by atoms with Gasteiger partial charge in [0.1, 0.15) is 0 Å². The van der Waals surface area contributed by atoms with Gasteiger partial charge in [-0.3, -0.25) is 14.3 Å². The summed E-state index contributed by atoms with van der Waals surface area (Å²) in [5.74, 6) is -1.66. The molecule has 0 aliphatic rings. The van der Waals surface area contributed by atoms with Gasteiger partial charge in [-0.2, -0.15) is 5.10 Å². The van der Waals surface area contributed by atoms with E-state index >= 15 is 0 Å². The summed E-state index contributed by atoms with van der Waals surface area (Å²) in [5, 5.41) is 18.4. The lowest BCUT2D eigenvalue weighted by Gasteiger charge is -2.05. The van der Waals surface area contributed by atoms with E-state index in [1.165, 1.54) is 6.20 Å². The maximum Gasteiger partial charge on any atom is 0.313 e. The van der Waals surface area contributed by atoms with E-state index in [4.69, 9.17) is 28.3 Å².